The number of aromatic nitrogens is 2. The number of carbonyl (C=O) groups is 1. The maximum atomic E-state index is 12.3. The van der Waals surface area contributed by atoms with Crippen molar-refractivity contribution in [2.24, 2.45) is 0 Å². The van der Waals surface area contributed by atoms with Crippen LogP contribution in [0.15, 0.2) is 41.3 Å². The second-order valence-electron chi connectivity index (χ2n) is 5.13. The highest BCUT2D eigenvalue weighted by Crippen LogP contribution is 2.10. The number of aryl methyl sites for hydroxylation is 1. The molecule has 122 valence electrons. The SMILES string of the molecule is Cc1ncc(CS(=O)(=O)Cc2ccccc2)c(=O)n1CC(=O)O. The van der Waals surface area contributed by atoms with Crippen LogP contribution in [0.5, 0.6) is 0 Å². The molecular formula is C15H16N2O5S. The van der Waals surface area contributed by atoms with Crippen LogP contribution in [0.1, 0.15) is 17.0 Å². The van der Waals surface area contributed by atoms with Crippen molar-refractivity contribution in [3.05, 3.63) is 63.8 Å². The minimum Gasteiger partial charge on any atom is -0.480 e. The van der Waals surface area contributed by atoms with Gasteiger partial charge in [0.05, 0.1) is 17.1 Å². The lowest BCUT2D eigenvalue weighted by Gasteiger charge is -2.09. The van der Waals surface area contributed by atoms with Gasteiger partial charge in [-0.15, -0.1) is 0 Å². The van der Waals surface area contributed by atoms with Crippen molar-refractivity contribution in [1.82, 2.24) is 9.55 Å². The number of sulfone groups is 1. The molecule has 0 aliphatic rings. The molecule has 0 aliphatic carbocycles. The van der Waals surface area contributed by atoms with Crippen LogP contribution in [0.2, 0.25) is 0 Å². The van der Waals surface area contributed by atoms with Gasteiger partial charge in [-0.2, -0.15) is 0 Å². The molecule has 1 heterocycles. The Kier molecular flexibility index (Phi) is 4.95. The first-order valence-corrected chi connectivity index (χ1v) is 8.62. The summed E-state index contributed by atoms with van der Waals surface area (Å²) in [5, 5.41) is 8.83. The number of carboxylic acid groups (broad SMARTS) is 1. The van der Waals surface area contributed by atoms with Gasteiger partial charge in [-0.3, -0.25) is 14.2 Å². The van der Waals surface area contributed by atoms with E-state index in [2.05, 4.69) is 4.98 Å². The van der Waals surface area contributed by atoms with E-state index in [4.69, 9.17) is 5.11 Å². The molecule has 0 unspecified atom stereocenters. The quantitative estimate of drug-likeness (QED) is 0.834. The molecule has 8 heteroatoms. The predicted molar refractivity (Wildman–Crippen MR) is 83.6 cm³/mol. The molecule has 0 amide bonds. The van der Waals surface area contributed by atoms with Gasteiger partial charge in [-0.1, -0.05) is 30.3 Å². The number of nitrogens with zero attached hydrogens (tertiary/aromatic N) is 2. The van der Waals surface area contributed by atoms with Crippen molar-refractivity contribution in [2.45, 2.75) is 25.0 Å². The molecule has 0 spiro atoms. The van der Waals surface area contributed by atoms with Gasteiger partial charge >= 0.3 is 5.97 Å². The van der Waals surface area contributed by atoms with Crippen LogP contribution >= 0.6 is 0 Å². The van der Waals surface area contributed by atoms with Crippen molar-refractivity contribution in [3.63, 3.8) is 0 Å². The van der Waals surface area contributed by atoms with E-state index in [0.717, 1.165) is 4.57 Å². The zero-order chi connectivity index (χ0) is 17.0. The van der Waals surface area contributed by atoms with Gasteiger partial charge in [0.25, 0.3) is 5.56 Å². The van der Waals surface area contributed by atoms with E-state index in [-0.39, 0.29) is 17.1 Å². The number of carboxylic acids is 1. The summed E-state index contributed by atoms with van der Waals surface area (Å²) in [5.74, 6) is -1.64. The van der Waals surface area contributed by atoms with Crippen LogP contribution < -0.4 is 5.56 Å². The van der Waals surface area contributed by atoms with Crippen LogP contribution in [0.4, 0.5) is 0 Å². The summed E-state index contributed by atoms with van der Waals surface area (Å²) in [6.07, 6.45) is 1.19. The maximum absolute atomic E-state index is 12.3. The molecule has 23 heavy (non-hydrogen) atoms. The molecule has 0 aliphatic heterocycles. The third kappa shape index (κ3) is 4.49. The molecular weight excluding hydrogens is 320 g/mol. The van der Waals surface area contributed by atoms with E-state index in [9.17, 15) is 18.0 Å². The number of hydrogen-bond acceptors (Lipinski definition) is 5. The van der Waals surface area contributed by atoms with Crippen LogP contribution in [-0.4, -0.2) is 29.0 Å². The van der Waals surface area contributed by atoms with Crippen molar-refractivity contribution >= 4 is 15.8 Å². The molecule has 2 aromatic rings. The predicted octanol–water partition coefficient (Wildman–Crippen LogP) is 0.751. The standard InChI is InChI=1S/C15H16N2O5S/c1-11-16-7-13(15(20)17(11)8-14(18)19)10-23(21,22)9-12-5-3-2-4-6-12/h2-7H,8-10H2,1H3,(H,18,19). The molecule has 2 rings (SSSR count). The third-order valence-electron chi connectivity index (χ3n) is 3.22. The molecule has 1 aromatic carbocycles. The summed E-state index contributed by atoms with van der Waals surface area (Å²) in [7, 11) is -3.57. The summed E-state index contributed by atoms with van der Waals surface area (Å²) in [5.41, 5.74) is -0.0530. The van der Waals surface area contributed by atoms with Gasteiger partial charge in [-0.25, -0.2) is 13.4 Å². The van der Waals surface area contributed by atoms with Crippen molar-refractivity contribution in [1.29, 1.82) is 0 Å². The summed E-state index contributed by atoms with van der Waals surface area (Å²) in [6, 6.07) is 8.63. The van der Waals surface area contributed by atoms with Crippen LogP contribution in [-0.2, 0) is 32.7 Å². The summed E-state index contributed by atoms with van der Waals surface area (Å²) >= 11 is 0. The van der Waals surface area contributed by atoms with E-state index in [0.29, 0.717) is 5.56 Å². The van der Waals surface area contributed by atoms with Gasteiger partial charge < -0.3 is 5.11 Å². The topological polar surface area (TPSA) is 106 Å². The van der Waals surface area contributed by atoms with Crippen molar-refractivity contribution < 1.29 is 18.3 Å². The molecule has 0 radical (unpaired) electrons. The van der Waals surface area contributed by atoms with Gasteiger partial charge in [0.1, 0.15) is 12.4 Å². The van der Waals surface area contributed by atoms with Crippen LogP contribution in [0.3, 0.4) is 0 Å². The van der Waals surface area contributed by atoms with Crippen molar-refractivity contribution in [2.75, 3.05) is 0 Å². The molecule has 0 saturated carbocycles. The summed E-state index contributed by atoms with van der Waals surface area (Å²) in [6.45, 7) is 0.941. The van der Waals surface area contributed by atoms with Crippen molar-refractivity contribution in [3.8, 4) is 0 Å². The fraction of sp³-hybridized carbons (Fsp3) is 0.267. The fourth-order valence-electron chi connectivity index (χ4n) is 2.15. The first-order chi connectivity index (χ1) is 10.8. The molecule has 1 aromatic heterocycles. The zero-order valence-electron chi connectivity index (χ0n) is 12.5. The van der Waals surface area contributed by atoms with E-state index < -0.39 is 33.7 Å². The lowest BCUT2D eigenvalue weighted by molar-refractivity contribution is -0.137. The summed E-state index contributed by atoms with van der Waals surface area (Å²) in [4.78, 5) is 27.0. The van der Waals surface area contributed by atoms with Crippen LogP contribution in [0, 0.1) is 6.92 Å². The average molecular weight is 336 g/mol. The average Bonchev–Trinajstić information content (AvgIpc) is 2.47. The number of aliphatic carboxylic acids is 1. The zero-order valence-corrected chi connectivity index (χ0v) is 13.3. The first-order valence-electron chi connectivity index (χ1n) is 6.80. The minimum atomic E-state index is -3.57. The Morgan fingerprint density at radius 2 is 1.87 bits per heavy atom. The molecule has 7 nitrogen and oxygen atoms in total. The Labute approximate surface area is 133 Å². The maximum Gasteiger partial charge on any atom is 0.323 e. The highest BCUT2D eigenvalue weighted by atomic mass is 32.2. The molecule has 0 bridgehead atoms. The van der Waals surface area contributed by atoms with Gasteiger partial charge in [-0.05, 0) is 12.5 Å². The Morgan fingerprint density at radius 3 is 2.48 bits per heavy atom. The van der Waals surface area contributed by atoms with Gasteiger partial charge in [0, 0.05) is 6.20 Å². The molecule has 0 atom stereocenters. The second-order valence-corrected chi connectivity index (χ2v) is 7.20. The lowest BCUT2D eigenvalue weighted by atomic mass is 10.2. The Morgan fingerprint density at radius 1 is 1.22 bits per heavy atom. The number of benzene rings is 1. The first kappa shape index (κ1) is 16.9. The van der Waals surface area contributed by atoms with E-state index in [1.165, 1.54) is 13.1 Å². The summed E-state index contributed by atoms with van der Waals surface area (Å²) < 4.78 is 25.4. The Balaban J connectivity index is 2.29. The molecule has 1 N–H and O–H groups in total. The fourth-order valence-corrected chi connectivity index (χ4v) is 3.63. The highest BCUT2D eigenvalue weighted by Gasteiger charge is 2.18. The minimum absolute atomic E-state index is 0.0345. The Hall–Kier alpha value is -2.48. The van der Waals surface area contributed by atoms with Gasteiger partial charge in [0.15, 0.2) is 9.84 Å². The van der Waals surface area contributed by atoms with E-state index in [1.54, 1.807) is 30.3 Å². The monoisotopic (exact) mass is 336 g/mol. The lowest BCUT2D eigenvalue weighted by Crippen LogP contribution is -2.30. The van der Waals surface area contributed by atoms with Gasteiger partial charge in [0.2, 0.25) is 0 Å². The van der Waals surface area contributed by atoms with E-state index in [1.807, 2.05) is 0 Å². The number of hydrogen-bond donors (Lipinski definition) is 1. The third-order valence-corrected chi connectivity index (χ3v) is 4.74. The Bertz CT molecular complexity index is 872. The molecule has 0 fully saturated rings. The highest BCUT2D eigenvalue weighted by molar-refractivity contribution is 7.89. The van der Waals surface area contributed by atoms with Crippen LogP contribution in [0.25, 0.3) is 0 Å². The second kappa shape index (κ2) is 6.74. The normalized spacial score (nSPS) is 11.3. The smallest absolute Gasteiger partial charge is 0.323 e. The molecule has 0 saturated heterocycles. The van der Waals surface area contributed by atoms with E-state index >= 15 is 0 Å². The largest absolute Gasteiger partial charge is 0.480 e. The number of rotatable bonds is 6.